The van der Waals surface area contributed by atoms with E-state index in [1.165, 1.54) is 37.8 Å². The molecule has 1 heterocycles. The van der Waals surface area contributed by atoms with Gasteiger partial charge in [0, 0.05) is 18.3 Å². The third-order valence-corrected chi connectivity index (χ3v) is 5.18. The molecule has 1 saturated carbocycles. The molecule has 3 nitrogen and oxygen atoms in total. The number of rotatable bonds is 3. The highest BCUT2D eigenvalue weighted by molar-refractivity contribution is 5.81. The van der Waals surface area contributed by atoms with E-state index in [1.54, 1.807) is 6.07 Å². The van der Waals surface area contributed by atoms with Gasteiger partial charge in [0.25, 0.3) is 0 Å². The number of nitrogens with zero attached hydrogens (tertiary/aromatic N) is 1. The van der Waals surface area contributed by atoms with Crippen LogP contribution in [0.2, 0.25) is 0 Å². The van der Waals surface area contributed by atoms with E-state index in [9.17, 15) is 9.18 Å². The van der Waals surface area contributed by atoms with Crippen LogP contribution in [0.3, 0.4) is 0 Å². The van der Waals surface area contributed by atoms with E-state index in [-0.39, 0.29) is 11.7 Å². The molecule has 120 valence electrons. The summed E-state index contributed by atoms with van der Waals surface area (Å²) in [7, 11) is 0. The lowest BCUT2D eigenvalue weighted by atomic mass is 9.78. The molecular formula is C18H25FN2O. The average Bonchev–Trinajstić information content (AvgIpc) is 2.53. The van der Waals surface area contributed by atoms with E-state index in [0.29, 0.717) is 18.5 Å². The van der Waals surface area contributed by atoms with E-state index < -0.39 is 0 Å². The van der Waals surface area contributed by atoms with Crippen LogP contribution in [-0.2, 0) is 4.79 Å². The Morgan fingerprint density at radius 1 is 1.27 bits per heavy atom. The highest BCUT2D eigenvalue weighted by Crippen LogP contribution is 2.35. The number of amides is 1. The molecule has 22 heavy (non-hydrogen) atoms. The Balaban J connectivity index is 1.61. The zero-order chi connectivity index (χ0) is 15.5. The fourth-order valence-electron chi connectivity index (χ4n) is 4.03. The number of anilines is 1. The summed E-state index contributed by atoms with van der Waals surface area (Å²) in [4.78, 5) is 14.7. The van der Waals surface area contributed by atoms with E-state index in [0.717, 1.165) is 30.6 Å². The quantitative estimate of drug-likeness (QED) is 0.923. The monoisotopic (exact) mass is 304 g/mol. The minimum atomic E-state index is -0.240. The molecule has 0 spiro atoms. The number of carbonyl (C=O) groups is 1. The van der Waals surface area contributed by atoms with Crippen LogP contribution < -0.4 is 5.32 Å². The number of nitrogens with one attached hydrogen (secondary N) is 1. The number of carbonyl (C=O) groups excluding carboxylic acids is 1. The van der Waals surface area contributed by atoms with E-state index >= 15 is 0 Å². The van der Waals surface area contributed by atoms with Crippen molar-refractivity contribution in [2.45, 2.75) is 51.5 Å². The molecule has 2 aliphatic rings. The molecule has 3 rings (SSSR count). The third-order valence-electron chi connectivity index (χ3n) is 5.18. The van der Waals surface area contributed by atoms with Crippen molar-refractivity contribution in [3.8, 4) is 0 Å². The number of hydrogen-bond donors (Lipinski definition) is 1. The van der Waals surface area contributed by atoms with Gasteiger partial charge in [-0.3, -0.25) is 4.79 Å². The Hall–Kier alpha value is -1.58. The Morgan fingerprint density at radius 3 is 2.86 bits per heavy atom. The molecule has 4 heteroatoms. The van der Waals surface area contributed by atoms with Crippen molar-refractivity contribution in [3.63, 3.8) is 0 Å². The fourth-order valence-corrected chi connectivity index (χ4v) is 4.03. The molecule has 0 radical (unpaired) electrons. The Kier molecular flexibility index (Phi) is 4.65. The number of fused-ring (bicyclic) bond motifs is 1. The highest BCUT2D eigenvalue weighted by Gasteiger charge is 2.35. The zero-order valence-electron chi connectivity index (χ0n) is 13.3. The summed E-state index contributed by atoms with van der Waals surface area (Å²) in [5.41, 5.74) is 1.67. The third kappa shape index (κ3) is 3.26. The maximum Gasteiger partial charge on any atom is 0.242 e. The molecule has 1 amide bonds. The van der Waals surface area contributed by atoms with Crippen molar-refractivity contribution in [2.24, 2.45) is 5.92 Å². The van der Waals surface area contributed by atoms with Gasteiger partial charge in [-0.15, -0.1) is 0 Å². The first kappa shape index (κ1) is 15.3. The predicted molar refractivity (Wildman–Crippen MR) is 86.3 cm³/mol. The van der Waals surface area contributed by atoms with Crippen LogP contribution in [0.5, 0.6) is 0 Å². The lowest BCUT2D eigenvalue weighted by Crippen LogP contribution is -2.51. The van der Waals surface area contributed by atoms with Gasteiger partial charge >= 0.3 is 0 Å². The fraction of sp³-hybridized carbons (Fsp3) is 0.611. The van der Waals surface area contributed by atoms with Crippen LogP contribution in [0.15, 0.2) is 18.2 Å². The molecule has 2 atom stereocenters. The molecule has 1 aliphatic carbocycles. The second kappa shape index (κ2) is 6.67. The van der Waals surface area contributed by atoms with Gasteiger partial charge in [-0.2, -0.15) is 0 Å². The van der Waals surface area contributed by atoms with Gasteiger partial charge in [-0.05, 0) is 62.3 Å². The first-order valence-corrected chi connectivity index (χ1v) is 8.44. The smallest absolute Gasteiger partial charge is 0.242 e. The van der Waals surface area contributed by atoms with Gasteiger partial charge in [-0.25, -0.2) is 4.39 Å². The standard InChI is InChI=1S/C18H25FN2O/c1-13-11-15(19)8-9-16(13)20-12-18(22)21-10-4-6-14-5-2-3-7-17(14)21/h8-9,11,14,17,20H,2-7,10,12H2,1H3. The van der Waals surface area contributed by atoms with Crippen LogP contribution >= 0.6 is 0 Å². The molecule has 2 unspecified atom stereocenters. The van der Waals surface area contributed by atoms with Crippen molar-refractivity contribution in [1.29, 1.82) is 0 Å². The summed E-state index contributed by atoms with van der Waals surface area (Å²) in [6.07, 6.45) is 7.40. The molecule has 0 aromatic heterocycles. The van der Waals surface area contributed by atoms with Crippen molar-refractivity contribution in [2.75, 3.05) is 18.4 Å². The number of halogens is 1. The predicted octanol–water partition coefficient (Wildman–Crippen LogP) is 3.73. The van der Waals surface area contributed by atoms with Gasteiger partial charge in [0.15, 0.2) is 0 Å². The molecule has 1 saturated heterocycles. The van der Waals surface area contributed by atoms with E-state index in [2.05, 4.69) is 10.2 Å². The lowest BCUT2D eigenvalue weighted by Gasteiger charge is -2.44. The zero-order valence-corrected chi connectivity index (χ0v) is 13.3. The van der Waals surface area contributed by atoms with Gasteiger partial charge in [0.2, 0.25) is 5.91 Å². The molecule has 1 aromatic carbocycles. The number of hydrogen-bond acceptors (Lipinski definition) is 2. The minimum Gasteiger partial charge on any atom is -0.376 e. The normalized spacial score (nSPS) is 24.7. The Bertz CT molecular complexity index is 544. The summed E-state index contributed by atoms with van der Waals surface area (Å²) in [6, 6.07) is 5.08. The van der Waals surface area contributed by atoms with Crippen LogP contribution in [0.25, 0.3) is 0 Å². The summed E-state index contributed by atoms with van der Waals surface area (Å²) < 4.78 is 13.1. The second-order valence-electron chi connectivity index (χ2n) is 6.65. The van der Waals surface area contributed by atoms with Gasteiger partial charge in [0.1, 0.15) is 5.82 Å². The van der Waals surface area contributed by atoms with Crippen molar-refractivity contribution >= 4 is 11.6 Å². The molecule has 2 fully saturated rings. The van der Waals surface area contributed by atoms with Crippen molar-refractivity contribution < 1.29 is 9.18 Å². The summed E-state index contributed by atoms with van der Waals surface area (Å²) in [5, 5.41) is 3.17. The average molecular weight is 304 g/mol. The first-order valence-electron chi connectivity index (χ1n) is 8.44. The Labute approximate surface area is 131 Å². The van der Waals surface area contributed by atoms with Crippen LogP contribution in [0.1, 0.15) is 44.1 Å². The summed E-state index contributed by atoms with van der Waals surface area (Å²) in [6.45, 7) is 3.05. The van der Waals surface area contributed by atoms with Crippen molar-refractivity contribution in [3.05, 3.63) is 29.6 Å². The van der Waals surface area contributed by atoms with Gasteiger partial charge in [0.05, 0.1) is 6.54 Å². The topological polar surface area (TPSA) is 32.3 Å². The number of piperidine rings is 1. The molecular weight excluding hydrogens is 279 g/mol. The molecule has 1 aromatic rings. The first-order chi connectivity index (χ1) is 10.6. The highest BCUT2D eigenvalue weighted by atomic mass is 19.1. The molecule has 1 N–H and O–H groups in total. The van der Waals surface area contributed by atoms with E-state index in [1.807, 2.05) is 6.92 Å². The number of likely N-dealkylation sites (tertiary alicyclic amines) is 1. The summed E-state index contributed by atoms with van der Waals surface area (Å²) in [5.74, 6) is 0.648. The Morgan fingerprint density at radius 2 is 2.05 bits per heavy atom. The minimum absolute atomic E-state index is 0.181. The largest absolute Gasteiger partial charge is 0.376 e. The van der Waals surface area contributed by atoms with Gasteiger partial charge in [-0.1, -0.05) is 12.8 Å². The molecule has 1 aliphatic heterocycles. The lowest BCUT2D eigenvalue weighted by molar-refractivity contribution is -0.135. The number of benzene rings is 1. The van der Waals surface area contributed by atoms with E-state index in [4.69, 9.17) is 0 Å². The van der Waals surface area contributed by atoms with Crippen LogP contribution in [-0.4, -0.2) is 29.9 Å². The van der Waals surface area contributed by atoms with Crippen LogP contribution in [0, 0.1) is 18.7 Å². The second-order valence-corrected chi connectivity index (χ2v) is 6.65. The summed E-state index contributed by atoms with van der Waals surface area (Å²) >= 11 is 0. The van der Waals surface area contributed by atoms with Crippen molar-refractivity contribution in [1.82, 2.24) is 4.90 Å². The number of aryl methyl sites for hydroxylation is 1. The molecule has 0 bridgehead atoms. The van der Waals surface area contributed by atoms with Gasteiger partial charge < -0.3 is 10.2 Å². The van der Waals surface area contributed by atoms with Crippen LogP contribution in [0.4, 0.5) is 10.1 Å². The maximum atomic E-state index is 13.1. The maximum absolute atomic E-state index is 13.1. The SMILES string of the molecule is Cc1cc(F)ccc1NCC(=O)N1CCCC2CCCCC21.